The van der Waals surface area contributed by atoms with E-state index < -0.39 is 0 Å². The summed E-state index contributed by atoms with van der Waals surface area (Å²) in [6.45, 7) is 6.54. The van der Waals surface area contributed by atoms with E-state index in [-0.39, 0.29) is 0 Å². The third kappa shape index (κ3) is 3.92. The average molecular weight is 246 g/mol. The minimum atomic E-state index is 0.377. The Morgan fingerprint density at radius 1 is 1.13 bits per heavy atom. The molecule has 0 fully saturated rings. The molecule has 0 radical (unpaired) electrons. The monoisotopic (exact) mass is 245 g/mol. The lowest BCUT2D eigenvalue weighted by Gasteiger charge is -2.19. The molecule has 1 atom stereocenters. The first kappa shape index (κ1) is 12.7. The van der Waals surface area contributed by atoms with E-state index in [4.69, 9.17) is 23.2 Å². The van der Waals surface area contributed by atoms with Crippen LogP contribution in [-0.4, -0.2) is 6.04 Å². The molecule has 0 spiro atoms. The maximum Gasteiger partial charge on any atom is 0.0720 e. The van der Waals surface area contributed by atoms with Gasteiger partial charge in [-0.3, -0.25) is 0 Å². The summed E-state index contributed by atoms with van der Waals surface area (Å²) in [7, 11) is 0. The van der Waals surface area contributed by atoms with Gasteiger partial charge in [-0.15, -0.1) is 0 Å². The molecule has 0 bridgehead atoms. The van der Waals surface area contributed by atoms with Gasteiger partial charge in [0.25, 0.3) is 0 Å². The molecule has 84 valence electrons. The molecule has 15 heavy (non-hydrogen) atoms. The minimum Gasteiger partial charge on any atom is -0.380 e. The SMILES string of the molecule is CC(C)CC(C)Nc1c(Cl)cccc1Cl. The van der Waals surface area contributed by atoms with Crippen molar-refractivity contribution >= 4 is 28.9 Å². The van der Waals surface area contributed by atoms with Crippen LogP contribution in [0.2, 0.25) is 10.0 Å². The Morgan fingerprint density at radius 2 is 1.67 bits per heavy atom. The van der Waals surface area contributed by atoms with Crippen LogP contribution in [0.5, 0.6) is 0 Å². The molecule has 1 aromatic carbocycles. The zero-order valence-electron chi connectivity index (χ0n) is 9.35. The van der Waals surface area contributed by atoms with Crippen molar-refractivity contribution in [3.8, 4) is 0 Å². The van der Waals surface area contributed by atoms with Gasteiger partial charge in [0.15, 0.2) is 0 Å². The summed E-state index contributed by atoms with van der Waals surface area (Å²) >= 11 is 12.1. The van der Waals surface area contributed by atoms with E-state index in [1.165, 1.54) is 0 Å². The average Bonchev–Trinajstić information content (AvgIpc) is 2.10. The van der Waals surface area contributed by atoms with Gasteiger partial charge in [-0.2, -0.15) is 0 Å². The first-order valence-corrected chi connectivity index (χ1v) is 5.97. The van der Waals surface area contributed by atoms with E-state index in [2.05, 4.69) is 26.1 Å². The lowest BCUT2D eigenvalue weighted by molar-refractivity contribution is 0.540. The number of para-hydroxylation sites is 1. The zero-order valence-corrected chi connectivity index (χ0v) is 10.9. The molecular weight excluding hydrogens is 229 g/mol. The molecule has 0 saturated carbocycles. The highest BCUT2D eigenvalue weighted by Crippen LogP contribution is 2.30. The van der Waals surface area contributed by atoms with Crippen LogP contribution in [0, 0.1) is 5.92 Å². The Labute approximate surface area is 102 Å². The Morgan fingerprint density at radius 3 is 2.13 bits per heavy atom. The zero-order chi connectivity index (χ0) is 11.4. The van der Waals surface area contributed by atoms with Crippen molar-refractivity contribution in [3.05, 3.63) is 28.2 Å². The van der Waals surface area contributed by atoms with Crippen molar-refractivity contribution in [1.82, 2.24) is 0 Å². The smallest absolute Gasteiger partial charge is 0.0720 e. The Bertz CT molecular complexity index is 303. The number of hydrogen-bond acceptors (Lipinski definition) is 1. The number of hydrogen-bond donors (Lipinski definition) is 1. The van der Waals surface area contributed by atoms with Gasteiger partial charge < -0.3 is 5.32 Å². The highest BCUT2D eigenvalue weighted by Gasteiger charge is 2.09. The largest absolute Gasteiger partial charge is 0.380 e. The highest BCUT2D eigenvalue weighted by molar-refractivity contribution is 6.39. The van der Waals surface area contributed by atoms with Gasteiger partial charge in [0.2, 0.25) is 0 Å². The summed E-state index contributed by atoms with van der Waals surface area (Å²) < 4.78 is 0. The second-order valence-corrected chi connectivity index (χ2v) is 5.09. The molecule has 0 aliphatic carbocycles. The third-order valence-corrected chi connectivity index (χ3v) is 2.81. The van der Waals surface area contributed by atoms with Crippen LogP contribution in [0.4, 0.5) is 5.69 Å². The van der Waals surface area contributed by atoms with Crippen LogP contribution in [0.25, 0.3) is 0 Å². The van der Waals surface area contributed by atoms with Gasteiger partial charge in [0.1, 0.15) is 0 Å². The summed E-state index contributed by atoms with van der Waals surface area (Å²) in [4.78, 5) is 0. The lowest BCUT2D eigenvalue weighted by atomic mass is 10.1. The molecule has 1 aromatic rings. The van der Waals surface area contributed by atoms with Crippen molar-refractivity contribution in [2.24, 2.45) is 5.92 Å². The summed E-state index contributed by atoms with van der Waals surface area (Å²) in [5.41, 5.74) is 0.842. The fraction of sp³-hybridized carbons (Fsp3) is 0.500. The highest BCUT2D eigenvalue weighted by atomic mass is 35.5. The topological polar surface area (TPSA) is 12.0 Å². The molecule has 0 heterocycles. The minimum absolute atomic E-state index is 0.377. The van der Waals surface area contributed by atoms with Crippen LogP contribution < -0.4 is 5.32 Å². The molecule has 0 aliphatic heterocycles. The standard InChI is InChI=1S/C12H17Cl2N/c1-8(2)7-9(3)15-12-10(13)5-4-6-11(12)14/h4-6,8-9,15H,7H2,1-3H3. The third-order valence-electron chi connectivity index (χ3n) is 2.18. The molecular formula is C12H17Cl2N. The van der Waals surface area contributed by atoms with E-state index in [0.29, 0.717) is 22.0 Å². The molecule has 1 unspecified atom stereocenters. The van der Waals surface area contributed by atoms with Gasteiger partial charge in [-0.25, -0.2) is 0 Å². The molecule has 0 aromatic heterocycles. The van der Waals surface area contributed by atoms with Crippen molar-refractivity contribution in [2.75, 3.05) is 5.32 Å². The van der Waals surface area contributed by atoms with Crippen molar-refractivity contribution in [1.29, 1.82) is 0 Å². The maximum absolute atomic E-state index is 6.06. The van der Waals surface area contributed by atoms with Crippen LogP contribution >= 0.6 is 23.2 Å². The predicted molar refractivity (Wildman–Crippen MR) is 69.0 cm³/mol. The molecule has 0 saturated heterocycles. The molecule has 0 aliphatic rings. The summed E-state index contributed by atoms with van der Waals surface area (Å²) in [6.07, 6.45) is 1.10. The second-order valence-electron chi connectivity index (χ2n) is 4.27. The first-order valence-electron chi connectivity index (χ1n) is 5.21. The maximum atomic E-state index is 6.06. The number of benzene rings is 1. The van der Waals surface area contributed by atoms with Crippen LogP contribution in [0.1, 0.15) is 27.2 Å². The Kier molecular flexibility index (Phi) is 4.75. The normalized spacial score (nSPS) is 12.9. The summed E-state index contributed by atoms with van der Waals surface area (Å²) in [6, 6.07) is 5.92. The van der Waals surface area contributed by atoms with Gasteiger partial charge in [0, 0.05) is 6.04 Å². The van der Waals surface area contributed by atoms with E-state index >= 15 is 0 Å². The number of nitrogens with one attached hydrogen (secondary N) is 1. The molecule has 1 N–H and O–H groups in total. The van der Waals surface area contributed by atoms with Crippen LogP contribution in [0.15, 0.2) is 18.2 Å². The summed E-state index contributed by atoms with van der Waals surface area (Å²) in [5, 5.41) is 4.70. The van der Waals surface area contributed by atoms with E-state index in [1.54, 1.807) is 0 Å². The van der Waals surface area contributed by atoms with Gasteiger partial charge in [-0.05, 0) is 31.4 Å². The fourth-order valence-electron chi connectivity index (χ4n) is 1.65. The molecule has 3 heteroatoms. The lowest BCUT2D eigenvalue weighted by Crippen LogP contribution is -2.17. The van der Waals surface area contributed by atoms with Gasteiger partial charge in [-0.1, -0.05) is 43.1 Å². The second kappa shape index (κ2) is 5.62. The van der Waals surface area contributed by atoms with Crippen LogP contribution in [-0.2, 0) is 0 Å². The van der Waals surface area contributed by atoms with E-state index in [1.807, 2.05) is 18.2 Å². The molecule has 0 amide bonds. The number of rotatable bonds is 4. The fourth-order valence-corrected chi connectivity index (χ4v) is 2.15. The van der Waals surface area contributed by atoms with Gasteiger partial charge >= 0.3 is 0 Å². The molecule has 1 nitrogen and oxygen atoms in total. The van der Waals surface area contributed by atoms with Crippen molar-refractivity contribution < 1.29 is 0 Å². The number of anilines is 1. The molecule has 1 rings (SSSR count). The Balaban J connectivity index is 2.71. The first-order chi connectivity index (χ1) is 7.00. The van der Waals surface area contributed by atoms with Crippen molar-refractivity contribution in [3.63, 3.8) is 0 Å². The van der Waals surface area contributed by atoms with Gasteiger partial charge in [0.05, 0.1) is 15.7 Å². The quantitative estimate of drug-likeness (QED) is 0.801. The number of halogens is 2. The van der Waals surface area contributed by atoms with Crippen LogP contribution in [0.3, 0.4) is 0 Å². The Hall–Kier alpha value is -0.400. The van der Waals surface area contributed by atoms with E-state index in [9.17, 15) is 0 Å². The van der Waals surface area contributed by atoms with E-state index in [0.717, 1.165) is 12.1 Å². The predicted octanol–water partition coefficient (Wildman–Crippen LogP) is 4.84. The summed E-state index contributed by atoms with van der Waals surface area (Å²) in [5.74, 6) is 0.661. The van der Waals surface area contributed by atoms with Crippen molar-refractivity contribution in [2.45, 2.75) is 33.2 Å².